The van der Waals surface area contributed by atoms with Gasteiger partial charge in [-0.15, -0.1) is 11.3 Å². The van der Waals surface area contributed by atoms with Crippen molar-refractivity contribution in [2.75, 3.05) is 4.90 Å². The third-order valence-electron chi connectivity index (χ3n) is 11.0. The van der Waals surface area contributed by atoms with E-state index in [-0.39, 0.29) is 23.0 Å². The van der Waals surface area contributed by atoms with Crippen LogP contribution in [-0.4, -0.2) is 17.4 Å². The molecule has 9 rings (SSSR count). The standard InChI is InChI=1S/C45H38N2OS/c1-5-35(31-19-10-7-11-20-31)46-40-32-21-16-23-37(43(32)49-42(40)29(2)30-17-8-6-9-18-30)47-36-26-25-34-41(48-38-24-13-14-27-44(34,38)3)39(36)33-22-12-15-28-45(33,47)4/h5-10,12-19,21-28,33,38H,1-2,11,20H2,3-4H3. The minimum absolute atomic E-state index is 0.0102. The number of hydrogen-bond acceptors (Lipinski definition) is 4. The molecule has 2 aliphatic heterocycles. The summed E-state index contributed by atoms with van der Waals surface area (Å²) in [5, 5.41) is 1.12. The Morgan fingerprint density at radius 2 is 1.78 bits per heavy atom. The predicted octanol–water partition coefficient (Wildman–Crippen LogP) is 11.8. The molecule has 49 heavy (non-hydrogen) atoms. The summed E-state index contributed by atoms with van der Waals surface area (Å²) in [5.74, 6) is 1.16. The largest absolute Gasteiger partial charge is 0.484 e. The van der Waals surface area contributed by atoms with Gasteiger partial charge in [0.2, 0.25) is 0 Å². The van der Waals surface area contributed by atoms with Crippen molar-refractivity contribution in [3.63, 3.8) is 0 Å². The van der Waals surface area contributed by atoms with Crippen molar-refractivity contribution in [1.82, 2.24) is 0 Å². The minimum atomic E-state index is -0.334. The van der Waals surface area contributed by atoms with Crippen molar-refractivity contribution < 1.29 is 4.74 Å². The molecule has 5 aliphatic rings. The quantitative estimate of drug-likeness (QED) is 0.193. The zero-order chi connectivity index (χ0) is 33.3. The van der Waals surface area contributed by atoms with Crippen LogP contribution < -0.4 is 9.64 Å². The summed E-state index contributed by atoms with van der Waals surface area (Å²) in [4.78, 5) is 9.04. The first kappa shape index (κ1) is 29.9. The van der Waals surface area contributed by atoms with Crippen molar-refractivity contribution in [1.29, 1.82) is 0 Å². The summed E-state index contributed by atoms with van der Waals surface area (Å²) < 4.78 is 8.06. The van der Waals surface area contributed by atoms with Crippen LogP contribution in [0.4, 0.5) is 17.1 Å². The molecule has 3 heterocycles. The molecule has 0 fully saturated rings. The molecule has 3 aliphatic carbocycles. The van der Waals surface area contributed by atoms with Gasteiger partial charge in [-0.3, -0.25) is 0 Å². The molecule has 0 radical (unpaired) electrons. The fourth-order valence-corrected chi connectivity index (χ4v) is 9.63. The lowest BCUT2D eigenvalue weighted by molar-refractivity contribution is 0.226. The number of nitrogens with zero attached hydrogens (tertiary/aromatic N) is 2. The maximum Gasteiger partial charge on any atom is 0.130 e. The molecule has 4 atom stereocenters. The summed E-state index contributed by atoms with van der Waals surface area (Å²) in [5.41, 5.74) is 9.52. The Morgan fingerprint density at radius 3 is 2.59 bits per heavy atom. The van der Waals surface area contributed by atoms with E-state index in [4.69, 9.17) is 9.73 Å². The fraction of sp³-hybridized carbons (Fsp3) is 0.178. The second-order valence-corrected chi connectivity index (χ2v) is 14.9. The van der Waals surface area contributed by atoms with Gasteiger partial charge in [-0.05, 0) is 67.7 Å². The van der Waals surface area contributed by atoms with Crippen LogP contribution in [0.1, 0.15) is 54.2 Å². The summed E-state index contributed by atoms with van der Waals surface area (Å²) in [6.07, 6.45) is 28.2. The summed E-state index contributed by atoms with van der Waals surface area (Å²) in [6.45, 7) is 13.5. The van der Waals surface area contributed by atoms with E-state index >= 15 is 0 Å². The van der Waals surface area contributed by atoms with E-state index in [1.807, 2.05) is 12.1 Å². The van der Waals surface area contributed by atoms with E-state index < -0.39 is 0 Å². The Bertz CT molecular complexity index is 2290. The fourth-order valence-electron chi connectivity index (χ4n) is 8.40. The van der Waals surface area contributed by atoms with E-state index in [1.54, 1.807) is 11.3 Å². The number of anilines is 2. The third-order valence-corrected chi connectivity index (χ3v) is 12.3. The number of hydrogen-bond donors (Lipinski definition) is 0. The van der Waals surface area contributed by atoms with E-state index in [0.717, 1.165) is 51.4 Å². The number of thiophene rings is 1. The van der Waals surface area contributed by atoms with Gasteiger partial charge in [0.25, 0.3) is 0 Å². The topological polar surface area (TPSA) is 24.8 Å². The highest BCUT2D eigenvalue weighted by Gasteiger charge is 2.53. The van der Waals surface area contributed by atoms with E-state index in [2.05, 4.69) is 153 Å². The van der Waals surface area contributed by atoms with Crippen LogP contribution in [-0.2, 0) is 5.41 Å². The van der Waals surface area contributed by atoms with Gasteiger partial charge < -0.3 is 9.64 Å². The van der Waals surface area contributed by atoms with Gasteiger partial charge in [0.1, 0.15) is 11.9 Å². The molecular weight excluding hydrogens is 617 g/mol. The monoisotopic (exact) mass is 654 g/mol. The lowest BCUT2D eigenvalue weighted by atomic mass is 9.75. The first-order valence-electron chi connectivity index (χ1n) is 17.2. The van der Waals surface area contributed by atoms with Crippen LogP contribution in [0.3, 0.4) is 0 Å². The lowest BCUT2D eigenvalue weighted by Gasteiger charge is -2.39. The van der Waals surface area contributed by atoms with Crippen LogP contribution in [0.5, 0.6) is 5.75 Å². The van der Waals surface area contributed by atoms with Gasteiger partial charge in [-0.2, -0.15) is 0 Å². The Kier molecular flexibility index (Phi) is 6.83. The summed E-state index contributed by atoms with van der Waals surface area (Å²) in [6, 6.07) is 21.8. The number of rotatable bonds is 6. The molecule has 4 heteroatoms. The Labute approximate surface area is 292 Å². The molecular formula is C45H38N2OS. The molecule has 1 aromatic heterocycles. The third kappa shape index (κ3) is 4.36. The predicted molar refractivity (Wildman–Crippen MR) is 208 cm³/mol. The van der Waals surface area contributed by atoms with Crippen LogP contribution in [0, 0.1) is 0 Å². The molecule has 240 valence electrons. The first-order chi connectivity index (χ1) is 23.9. The molecule has 3 nitrogen and oxygen atoms in total. The number of fused-ring (bicyclic) bond motifs is 8. The number of ether oxygens (including phenoxy) is 1. The van der Waals surface area contributed by atoms with Gasteiger partial charge in [-0.1, -0.05) is 122 Å². The van der Waals surface area contributed by atoms with Gasteiger partial charge in [0.05, 0.1) is 37.6 Å². The number of benzene rings is 3. The average Bonchev–Trinajstić information content (AvgIpc) is 3.75. The van der Waals surface area contributed by atoms with Gasteiger partial charge in [0.15, 0.2) is 0 Å². The maximum atomic E-state index is 6.87. The van der Waals surface area contributed by atoms with Crippen LogP contribution in [0.25, 0.3) is 15.7 Å². The highest BCUT2D eigenvalue weighted by molar-refractivity contribution is 7.21. The van der Waals surface area contributed by atoms with E-state index in [0.29, 0.717) is 0 Å². The zero-order valence-electron chi connectivity index (χ0n) is 27.9. The summed E-state index contributed by atoms with van der Waals surface area (Å²) >= 11 is 1.79. The van der Waals surface area contributed by atoms with E-state index in [9.17, 15) is 0 Å². The highest BCUT2D eigenvalue weighted by atomic mass is 32.1. The second-order valence-electron chi connectivity index (χ2n) is 13.9. The maximum absolute atomic E-state index is 6.87. The lowest BCUT2D eigenvalue weighted by Crippen LogP contribution is -2.42. The first-order valence-corrected chi connectivity index (χ1v) is 18.0. The van der Waals surface area contributed by atoms with Crippen molar-refractivity contribution in [2.45, 2.75) is 49.7 Å². The molecule has 0 N–H and O–H groups in total. The second kappa shape index (κ2) is 11.2. The smallest absolute Gasteiger partial charge is 0.130 e. The normalized spacial score (nSPS) is 25.9. The van der Waals surface area contributed by atoms with Crippen molar-refractivity contribution >= 4 is 49.8 Å². The number of aliphatic imine (C=N–C) groups is 1. The van der Waals surface area contributed by atoms with Gasteiger partial charge >= 0.3 is 0 Å². The Hall–Kier alpha value is -5.19. The molecule has 0 spiro atoms. The molecule has 0 amide bonds. The van der Waals surface area contributed by atoms with Gasteiger partial charge in [-0.25, -0.2) is 4.99 Å². The van der Waals surface area contributed by atoms with Crippen LogP contribution >= 0.6 is 11.3 Å². The van der Waals surface area contributed by atoms with Crippen molar-refractivity contribution in [3.05, 3.63) is 174 Å². The van der Waals surface area contributed by atoms with Gasteiger partial charge in [0, 0.05) is 28.1 Å². The SMILES string of the molecule is C=CC(=Nc1c(C(=C)c2ccccc2)sc2c(N3c4ccc5c(c4C4C=CC=CC43C)OC3C=CC=CC53C)cccc12)C1=CC=CCC1. The van der Waals surface area contributed by atoms with Crippen LogP contribution in [0.15, 0.2) is 157 Å². The Morgan fingerprint density at radius 1 is 0.939 bits per heavy atom. The minimum Gasteiger partial charge on any atom is -0.484 e. The van der Waals surface area contributed by atoms with E-state index in [1.165, 1.54) is 32.8 Å². The van der Waals surface area contributed by atoms with Crippen molar-refractivity contribution in [3.8, 4) is 5.75 Å². The van der Waals surface area contributed by atoms with Crippen molar-refractivity contribution in [2.24, 2.45) is 4.99 Å². The molecule has 4 unspecified atom stereocenters. The molecule has 4 aromatic rings. The molecule has 0 saturated heterocycles. The average molecular weight is 655 g/mol. The van der Waals surface area contributed by atoms with Crippen LogP contribution in [0.2, 0.25) is 0 Å². The molecule has 3 aromatic carbocycles. The highest BCUT2D eigenvalue weighted by Crippen LogP contribution is 2.62. The molecule has 0 saturated carbocycles. The zero-order valence-corrected chi connectivity index (χ0v) is 28.7. The number of allylic oxidation sites excluding steroid dienone is 9. The summed E-state index contributed by atoms with van der Waals surface area (Å²) in [7, 11) is 0. The Balaban J connectivity index is 1.28. The molecule has 0 bridgehead atoms.